The molecule has 0 aliphatic carbocycles. The number of oxazole rings is 1. The van der Waals surface area contributed by atoms with Crippen LogP contribution < -0.4 is 0 Å². The second kappa shape index (κ2) is 10.6. The van der Waals surface area contributed by atoms with Crippen LogP contribution in [-0.4, -0.2) is 73.3 Å². The monoisotopic (exact) mass is 560 g/mol. The minimum absolute atomic E-state index is 0.187. The molecule has 3 aromatic heterocycles. The van der Waals surface area contributed by atoms with Crippen LogP contribution in [-0.2, 0) is 6.54 Å². The normalized spacial score (nSPS) is 14.8. The summed E-state index contributed by atoms with van der Waals surface area (Å²) >= 11 is 0. The molecule has 9 nitrogen and oxygen atoms in total. The molecule has 0 atom stereocenters. The fourth-order valence-corrected chi connectivity index (χ4v) is 6.05. The number of aromatic carboxylic acids is 1. The van der Waals surface area contributed by atoms with Crippen molar-refractivity contribution in [3.05, 3.63) is 84.4 Å². The lowest BCUT2D eigenvalue weighted by Crippen LogP contribution is -2.48. The Labute approximate surface area is 242 Å². The Kier molecular flexibility index (Phi) is 6.60. The second-order valence-electron chi connectivity index (χ2n) is 11.2. The molecule has 0 bridgehead atoms. The van der Waals surface area contributed by atoms with Gasteiger partial charge in [-0.1, -0.05) is 30.3 Å². The van der Waals surface area contributed by atoms with Gasteiger partial charge in [0.05, 0.1) is 23.8 Å². The third-order valence-corrected chi connectivity index (χ3v) is 8.28. The topological polar surface area (TPSA) is 114 Å². The smallest absolute Gasteiger partial charge is 0.336 e. The Morgan fingerprint density at radius 2 is 1.79 bits per heavy atom. The van der Waals surface area contributed by atoms with E-state index in [4.69, 9.17) is 9.40 Å². The second-order valence-corrected chi connectivity index (χ2v) is 11.2. The van der Waals surface area contributed by atoms with Crippen molar-refractivity contribution in [1.82, 2.24) is 30.0 Å². The summed E-state index contributed by atoms with van der Waals surface area (Å²) in [5.74, 6) is 0.273. The van der Waals surface area contributed by atoms with Crippen LogP contribution in [0.25, 0.3) is 55.6 Å². The van der Waals surface area contributed by atoms with E-state index in [1.807, 2.05) is 18.3 Å². The van der Waals surface area contributed by atoms with Gasteiger partial charge in [0, 0.05) is 65.8 Å². The van der Waals surface area contributed by atoms with E-state index in [2.05, 4.69) is 69.2 Å². The number of nitrogens with one attached hydrogen (secondary N) is 2. The molecule has 0 amide bonds. The molecule has 7 rings (SSSR count). The summed E-state index contributed by atoms with van der Waals surface area (Å²) in [4.78, 5) is 25.0. The van der Waals surface area contributed by atoms with Crippen LogP contribution in [0.3, 0.4) is 0 Å². The third kappa shape index (κ3) is 4.66. The molecule has 1 aliphatic heterocycles. The number of hydrogen-bond donors (Lipinski definition) is 3. The Bertz CT molecular complexity index is 1910. The Balaban J connectivity index is 1.34. The lowest BCUT2D eigenvalue weighted by atomic mass is 9.94. The number of carboxylic acids is 1. The predicted molar refractivity (Wildman–Crippen MR) is 163 cm³/mol. The average Bonchev–Trinajstić information content (AvgIpc) is 3.76. The van der Waals surface area contributed by atoms with Crippen molar-refractivity contribution in [3.63, 3.8) is 0 Å². The van der Waals surface area contributed by atoms with Crippen molar-refractivity contribution in [2.75, 3.05) is 26.2 Å². The molecule has 1 fully saturated rings. The van der Waals surface area contributed by atoms with Gasteiger partial charge in [-0.25, -0.2) is 9.78 Å². The zero-order valence-electron chi connectivity index (χ0n) is 23.6. The Morgan fingerprint density at radius 1 is 0.976 bits per heavy atom. The van der Waals surface area contributed by atoms with Gasteiger partial charge >= 0.3 is 5.97 Å². The Hall–Kier alpha value is -4.73. The van der Waals surface area contributed by atoms with E-state index in [1.54, 1.807) is 24.4 Å². The number of H-pyrrole nitrogens is 2. The zero-order chi connectivity index (χ0) is 28.8. The number of fused-ring (bicyclic) bond motifs is 2. The maximum absolute atomic E-state index is 12.1. The van der Waals surface area contributed by atoms with Crippen molar-refractivity contribution in [2.24, 2.45) is 0 Å². The molecule has 3 N–H and O–H groups in total. The first kappa shape index (κ1) is 26.2. The molecule has 212 valence electrons. The molecule has 6 aromatic rings. The molecular weight excluding hydrogens is 528 g/mol. The van der Waals surface area contributed by atoms with E-state index in [0.29, 0.717) is 29.7 Å². The van der Waals surface area contributed by atoms with Crippen molar-refractivity contribution in [1.29, 1.82) is 0 Å². The summed E-state index contributed by atoms with van der Waals surface area (Å²) < 4.78 is 6.43. The minimum atomic E-state index is -1.00. The molecule has 1 aliphatic rings. The summed E-state index contributed by atoms with van der Waals surface area (Å²) in [5.41, 5.74) is 5.90. The van der Waals surface area contributed by atoms with Gasteiger partial charge in [0.1, 0.15) is 11.5 Å². The quantitative estimate of drug-likeness (QED) is 0.211. The zero-order valence-corrected chi connectivity index (χ0v) is 23.6. The number of aromatic amines is 2. The minimum Gasteiger partial charge on any atom is -0.478 e. The third-order valence-electron chi connectivity index (χ3n) is 8.28. The van der Waals surface area contributed by atoms with Gasteiger partial charge < -0.3 is 14.5 Å². The molecule has 3 aromatic carbocycles. The molecule has 4 heterocycles. The van der Waals surface area contributed by atoms with E-state index in [0.717, 1.165) is 70.4 Å². The largest absolute Gasteiger partial charge is 0.478 e. The lowest BCUT2D eigenvalue weighted by molar-refractivity contribution is 0.0697. The van der Waals surface area contributed by atoms with Crippen LogP contribution >= 0.6 is 0 Å². The molecule has 0 radical (unpaired) electrons. The number of carboxylic acid groups (broad SMARTS) is 1. The highest BCUT2D eigenvalue weighted by Crippen LogP contribution is 2.40. The summed E-state index contributed by atoms with van der Waals surface area (Å²) in [6, 6.07) is 19.8. The molecule has 0 spiro atoms. The SMILES string of the molecule is CC(C)N1CCN(Cc2cnc(-c3cc(-c4cccc5[nH]ccc45)cc4[nH]nc(-c5ccccc5C(=O)O)c34)o2)CC1. The van der Waals surface area contributed by atoms with Gasteiger partial charge in [-0.3, -0.25) is 14.9 Å². The lowest BCUT2D eigenvalue weighted by Gasteiger charge is -2.36. The molecule has 42 heavy (non-hydrogen) atoms. The van der Waals surface area contributed by atoms with Crippen LogP contribution in [0, 0.1) is 0 Å². The van der Waals surface area contributed by atoms with E-state index in [-0.39, 0.29) is 5.56 Å². The van der Waals surface area contributed by atoms with Gasteiger partial charge in [0.15, 0.2) is 0 Å². The summed E-state index contributed by atoms with van der Waals surface area (Å²) in [6.45, 7) is 9.19. The van der Waals surface area contributed by atoms with Gasteiger partial charge in [-0.05, 0) is 55.3 Å². The number of hydrogen-bond acceptors (Lipinski definition) is 6. The maximum atomic E-state index is 12.1. The van der Waals surface area contributed by atoms with Gasteiger partial charge in [-0.2, -0.15) is 5.10 Å². The first-order valence-corrected chi connectivity index (χ1v) is 14.3. The number of carbonyl (C=O) groups is 1. The van der Waals surface area contributed by atoms with Gasteiger partial charge in [0.25, 0.3) is 0 Å². The maximum Gasteiger partial charge on any atom is 0.336 e. The molecular formula is C33H32N6O3. The van der Waals surface area contributed by atoms with Crippen molar-refractivity contribution in [3.8, 4) is 33.8 Å². The molecule has 0 saturated carbocycles. The van der Waals surface area contributed by atoms with Crippen molar-refractivity contribution < 1.29 is 14.3 Å². The average molecular weight is 561 g/mol. The fraction of sp³-hybridized carbons (Fsp3) is 0.242. The Morgan fingerprint density at radius 3 is 2.60 bits per heavy atom. The van der Waals surface area contributed by atoms with Gasteiger partial charge in [0.2, 0.25) is 5.89 Å². The van der Waals surface area contributed by atoms with Crippen LogP contribution in [0.1, 0.15) is 30.0 Å². The number of benzene rings is 3. The first-order valence-electron chi connectivity index (χ1n) is 14.3. The highest BCUT2D eigenvalue weighted by atomic mass is 16.4. The molecule has 0 unspecified atom stereocenters. The van der Waals surface area contributed by atoms with Crippen LogP contribution in [0.5, 0.6) is 0 Å². The van der Waals surface area contributed by atoms with Crippen molar-refractivity contribution in [2.45, 2.75) is 26.4 Å². The predicted octanol–water partition coefficient (Wildman–Crippen LogP) is 6.26. The van der Waals surface area contributed by atoms with E-state index < -0.39 is 5.97 Å². The number of aromatic nitrogens is 4. The van der Waals surface area contributed by atoms with Crippen LogP contribution in [0.15, 0.2) is 77.5 Å². The standard InChI is InChI=1S/C33H32N6O3/c1-20(2)39-14-12-38(13-15-39)19-22-18-35-32(42-22)27-16-21(23-8-5-9-28-24(23)10-11-34-28)17-29-30(27)31(37-36-29)25-6-3-4-7-26(25)33(40)41/h3-11,16-18,20,34H,12-15,19H2,1-2H3,(H,36,37)(H,40,41). The van der Waals surface area contributed by atoms with E-state index >= 15 is 0 Å². The van der Waals surface area contributed by atoms with Crippen LogP contribution in [0.4, 0.5) is 0 Å². The molecule has 1 saturated heterocycles. The first-order chi connectivity index (χ1) is 20.5. The number of piperazine rings is 1. The summed E-state index contributed by atoms with van der Waals surface area (Å²) in [5, 5.41) is 19.6. The summed E-state index contributed by atoms with van der Waals surface area (Å²) in [7, 11) is 0. The molecule has 9 heteroatoms. The summed E-state index contributed by atoms with van der Waals surface area (Å²) in [6.07, 6.45) is 3.74. The number of rotatable bonds is 7. The number of nitrogens with zero attached hydrogens (tertiary/aromatic N) is 4. The fourth-order valence-electron chi connectivity index (χ4n) is 6.05. The highest BCUT2D eigenvalue weighted by Gasteiger charge is 2.24. The highest BCUT2D eigenvalue weighted by molar-refractivity contribution is 6.09. The van der Waals surface area contributed by atoms with E-state index in [9.17, 15) is 9.90 Å². The van der Waals surface area contributed by atoms with Gasteiger partial charge in [-0.15, -0.1) is 0 Å². The van der Waals surface area contributed by atoms with Crippen LogP contribution in [0.2, 0.25) is 0 Å². The van der Waals surface area contributed by atoms with E-state index in [1.165, 1.54) is 0 Å². The van der Waals surface area contributed by atoms with Crippen molar-refractivity contribution >= 4 is 27.8 Å².